The summed E-state index contributed by atoms with van der Waals surface area (Å²) in [5, 5.41) is 12.1. The minimum Gasteiger partial charge on any atom is -0.379 e. The van der Waals surface area contributed by atoms with Crippen molar-refractivity contribution >= 4 is 5.69 Å². The predicted octanol–water partition coefficient (Wildman–Crippen LogP) is 3.27. The Labute approximate surface area is 96.6 Å². The van der Waals surface area contributed by atoms with E-state index >= 15 is 0 Å². The number of anilines is 1. The molecule has 1 aliphatic rings. The quantitative estimate of drug-likeness (QED) is 0.780. The molecule has 0 saturated carbocycles. The maximum absolute atomic E-state index is 8.58. The Morgan fingerprint density at radius 3 is 2.75 bits per heavy atom. The molecule has 16 heavy (non-hydrogen) atoms. The van der Waals surface area contributed by atoms with Gasteiger partial charge in [0, 0.05) is 11.7 Å². The van der Waals surface area contributed by atoms with Crippen LogP contribution >= 0.6 is 0 Å². The van der Waals surface area contributed by atoms with Crippen LogP contribution in [0, 0.1) is 11.3 Å². The minimum atomic E-state index is 0.468. The topological polar surface area (TPSA) is 35.8 Å². The number of nitriles is 1. The molecule has 1 aromatic carbocycles. The highest BCUT2D eigenvalue weighted by atomic mass is 14.9. The molecule has 1 unspecified atom stereocenters. The maximum atomic E-state index is 8.58. The van der Waals surface area contributed by atoms with Gasteiger partial charge in [-0.15, -0.1) is 0 Å². The SMILES string of the molecule is N#CCc1ccc(NC2C=CCCC2)cc1. The molecular weight excluding hydrogens is 196 g/mol. The molecule has 0 fully saturated rings. The molecule has 2 nitrogen and oxygen atoms in total. The van der Waals surface area contributed by atoms with Gasteiger partial charge in [-0.05, 0) is 37.0 Å². The number of hydrogen-bond acceptors (Lipinski definition) is 2. The van der Waals surface area contributed by atoms with E-state index in [9.17, 15) is 0 Å². The molecule has 0 aromatic heterocycles. The Morgan fingerprint density at radius 1 is 1.31 bits per heavy atom. The van der Waals surface area contributed by atoms with Crippen molar-refractivity contribution in [3.8, 4) is 6.07 Å². The van der Waals surface area contributed by atoms with Crippen LogP contribution in [0.4, 0.5) is 5.69 Å². The lowest BCUT2D eigenvalue weighted by molar-refractivity contribution is 0.674. The van der Waals surface area contributed by atoms with Crippen molar-refractivity contribution < 1.29 is 0 Å². The second-order valence-corrected chi connectivity index (χ2v) is 4.14. The van der Waals surface area contributed by atoms with E-state index in [0.717, 1.165) is 11.3 Å². The summed E-state index contributed by atoms with van der Waals surface area (Å²) >= 11 is 0. The lowest BCUT2D eigenvalue weighted by atomic mass is 10.0. The minimum absolute atomic E-state index is 0.468. The molecule has 1 N–H and O–H groups in total. The zero-order valence-electron chi connectivity index (χ0n) is 9.32. The molecule has 0 radical (unpaired) electrons. The van der Waals surface area contributed by atoms with E-state index in [2.05, 4.69) is 35.7 Å². The van der Waals surface area contributed by atoms with Crippen LogP contribution in [0.25, 0.3) is 0 Å². The van der Waals surface area contributed by atoms with Crippen molar-refractivity contribution in [3.63, 3.8) is 0 Å². The molecule has 0 heterocycles. The molecule has 1 atom stereocenters. The van der Waals surface area contributed by atoms with Crippen LogP contribution in [0.15, 0.2) is 36.4 Å². The normalized spacial score (nSPS) is 19.1. The fourth-order valence-corrected chi connectivity index (χ4v) is 1.96. The number of hydrogen-bond donors (Lipinski definition) is 1. The number of allylic oxidation sites excluding steroid dienone is 1. The molecule has 0 saturated heterocycles. The average molecular weight is 212 g/mol. The smallest absolute Gasteiger partial charge is 0.0669 e. The molecule has 2 rings (SSSR count). The van der Waals surface area contributed by atoms with E-state index in [1.54, 1.807) is 0 Å². The van der Waals surface area contributed by atoms with Crippen molar-refractivity contribution in [2.24, 2.45) is 0 Å². The second-order valence-electron chi connectivity index (χ2n) is 4.14. The molecule has 0 aliphatic heterocycles. The van der Waals surface area contributed by atoms with Crippen molar-refractivity contribution in [3.05, 3.63) is 42.0 Å². The summed E-state index contributed by atoms with van der Waals surface area (Å²) in [7, 11) is 0. The van der Waals surface area contributed by atoms with E-state index in [1.807, 2.05) is 12.1 Å². The maximum Gasteiger partial charge on any atom is 0.0669 e. The molecule has 1 aliphatic carbocycles. The van der Waals surface area contributed by atoms with Gasteiger partial charge in [-0.2, -0.15) is 5.26 Å². The van der Waals surface area contributed by atoms with Crippen molar-refractivity contribution in [1.82, 2.24) is 0 Å². The third-order valence-corrected chi connectivity index (χ3v) is 2.84. The van der Waals surface area contributed by atoms with Crippen molar-refractivity contribution in [2.45, 2.75) is 31.7 Å². The third-order valence-electron chi connectivity index (χ3n) is 2.84. The monoisotopic (exact) mass is 212 g/mol. The lowest BCUT2D eigenvalue weighted by Gasteiger charge is -2.19. The largest absolute Gasteiger partial charge is 0.379 e. The van der Waals surface area contributed by atoms with Gasteiger partial charge in [0.15, 0.2) is 0 Å². The van der Waals surface area contributed by atoms with Crippen LogP contribution in [0.5, 0.6) is 0 Å². The Bertz CT molecular complexity index is 398. The van der Waals surface area contributed by atoms with Crippen LogP contribution < -0.4 is 5.32 Å². The Morgan fingerprint density at radius 2 is 2.12 bits per heavy atom. The van der Waals surface area contributed by atoms with Gasteiger partial charge in [0.2, 0.25) is 0 Å². The molecule has 1 aromatic rings. The highest BCUT2D eigenvalue weighted by Crippen LogP contribution is 2.17. The summed E-state index contributed by atoms with van der Waals surface area (Å²) in [4.78, 5) is 0. The Hall–Kier alpha value is -1.75. The first-order valence-corrected chi connectivity index (χ1v) is 5.77. The first kappa shape index (κ1) is 10.8. The number of nitrogens with zero attached hydrogens (tertiary/aromatic N) is 1. The van der Waals surface area contributed by atoms with Crippen LogP contribution in [0.2, 0.25) is 0 Å². The summed E-state index contributed by atoms with van der Waals surface area (Å²) in [5.41, 5.74) is 2.21. The van der Waals surface area contributed by atoms with Gasteiger partial charge in [0.1, 0.15) is 0 Å². The molecule has 0 spiro atoms. The molecule has 0 bridgehead atoms. The standard InChI is InChI=1S/C14H16N2/c15-11-10-12-6-8-14(9-7-12)16-13-4-2-1-3-5-13/h2,4,6-9,13,16H,1,3,5,10H2. The van der Waals surface area contributed by atoms with Crippen molar-refractivity contribution in [1.29, 1.82) is 5.26 Å². The van der Waals surface area contributed by atoms with Gasteiger partial charge >= 0.3 is 0 Å². The summed E-state index contributed by atoms with van der Waals surface area (Å²) in [6.45, 7) is 0. The highest BCUT2D eigenvalue weighted by molar-refractivity contribution is 5.46. The van der Waals surface area contributed by atoms with Gasteiger partial charge in [0.25, 0.3) is 0 Å². The van der Waals surface area contributed by atoms with Gasteiger partial charge in [0.05, 0.1) is 12.5 Å². The van der Waals surface area contributed by atoms with Crippen LogP contribution in [0.3, 0.4) is 0 Å². The molecule has 0 amide bonds. The first-order chi connectivity index (χ1) is 7.88. The Balaban J connectivity index is 1.97. The van der Waals surface area contributed by atoms with Crippen LogP contribution in [-0.2, 0) is 6.42 Å². The average Bonchev–Trinajstić information content (AvgIpc) is 2.33. The predicted molar refractivity (Wildman–Crippen MR) is 66.2 cm³/mol. The summed E-state index contributed by atoms with van der Waals surface area (Å²) < 4.78 is 0. The van der Waals surface area contributed by atoms with E-state index < -0.39 is 0 Å². The van der Waals surface area contributed by atoms with E-state index in [4.69, 9.17) is 5.26 Å². The zero-order chi connectivity index (χ0) is 11.2. The van der Waals surface area contributed by atoms with Crippen molar-refractivity contribution in [2.75, 3.05) is 5.32 Å². The van der Waals surface area contributed by atoms with Gasteiger partial charge in [-0.25, -0.2) is 0 Å². The first-order valence-electron chi connectivity index (χ1n) is 5.77. The van der Waals surface area contributed by atoms with Gasteiger partial charge in [-0.1, -0.05) is 24.3 Å². The highest BCUT2D eigenvalue weighted by Gasteiger charge is 2.07. The fraction of sp³-hybridized carbons (Fsp3) is 0.357. The van der Waals surface area contributed by atoms with E-state index in [-0.39, 0.29) is 0 Å². The molecule has 82 valence electrons. The molecule has 2 heteroatoms. The zero-order valence-corrected chi connectivity index (χ0v) is 9.32. The number of nitrogens with one attached hydrogen (secondary N) is 1. The lowest BCUT2D eigenvalue weighted by Crippen LogP contribution is -2.18. The van der Waals surface area contributed by atoms with Gasteiger partial charge < -0.3 is 5.32 Å². The summed E-state index contributed by atoms with van der Waals surface area (Å²) in [6.07, 6.45) is 8.65. The molecular formula is C14H16N2. The van der Waals surface area contributed by atoms with E-state index in [0.29, 0.717) is 12.5 Å². The third kappa shape index (κ3) is 2.87. The van der Waals surface area contributed by atoms with E-state index in [1.165, 1.54) is 19.3 Å². The summed E-state index contributed by atoms with van der Waals surface area (Å²) in [6, 6.07) is 10.7. The van der Waals surface area contributed by atoms with Gasteiger partial charge in [-0.3, -0.25) is 0 Å². The second kappa shape index (κ2) is 5.37. The van der Waals surface area contributed by atoms with Crippen LogP contribution in [-0.4, -0.2) is 6.04 Å². The fourth-order valence-electron chi connectivity index (χ4n) is 1.96. The Kier molecular flexibility index (Phi) is 3.61. The number of benzene rings is 1. The van der Waals surface area contributed by atoms with Crippen LogP contribution in [0.1, 0.15) is 24.8 Å². The number of rotatable bonds is 3. The summed E-state index contributed by atoms with van der Waals surface area (Å²) in [5.74, 6) is 0.